The van der Waals surface area contributed by atoms with E-state index < -0.39 is 11.6 Å². The van der Waals surface area contributed by atoms with Crippen LogP contribution in [0, 0.1) is 17.6 Å². The van der Waals surface area contributed by atoms with Gasteiger partial charge in [-0.05, 0) is 74.0 Å². The lowest BCUT2D eigenvalue weighted by atomic mass is 9.76. The highest BCUT2D eigenvalue weighted by atomic mass is 19.2. The minimum absolute atomic E-state index is 0.0332. The summed E-state index contributed by atoms with van der Waals surface area (Å²) in [6.07, 6.45) is 13.1. The molecule has 1 saturated carbocycles. The SMILES string of the molecule is CCCCCC1CCC(c2cc3c(c(F)c2F)OC(CCC)CC3)CC1. The number of ether oxygens (including phenoxy) is 1. The van der Waals surface area contributed by atoms with Gasteiger partial charge in [0.2, 0.25) is 5.82 Å². The van der Waals surface area contributed by atoms with E-state index in [4.69, 9.17) is 4.74 Å². The topological polar surface area (TPSA) is 9.23 Å². The van der Waals surface area contributed by atoms with Crippen molar-refractivity contribution in [3.8, 4) is 5.75 Å². The number of rotatable bonds is 7. The van der Waals surface area contributed by atoms with E-state index in [0.717, 1.165) is 62.8 Å². The van der Waals surface area contributed by atoms with Crippen molar-refractivity contribution in [2.75, 3.05) is 0 Å². The van der Waals surface area contributed by atoms with Crippen LogP contribution in [0.1, 0.15) is 102 Å². The molecule has 1 unspecified atom stereocenters. The third-order valence-electron chi connectivity index (χ3n) is 6.40. The maximum absolute atomic E-state index is 14.8. The quantitative estimate of drug-likeness (QED) is 0.461. The molecular weight excluding hydrogens is 330 g/mol. The van der Waals surface area contributed by atoms with Crippen molar-refractivity contribution in [3.05, 3.63) is 28.8 Å². The standard InChI is InChI=1S/C23H34F2O/c1-3-5-6-8-16-9-11-17(12-10-16)20-15-18-13-14-19(7-4-2)26-23(18)22(25)21(20)24/h15-17,19H,3-14H2,1-2H3. The van der Waals surface area contributed by atoms with Crippen molar-refractivity contribution < 1.29 is 13.5 Å². The van der Waals surface area contributed by atoms with E-state index in [-0.39, 0.29) is 17.8 Å². The average Bonchev–Trinajstić information content (AvgIpc) is 2.66. The minimum Gasteiger partial charge on any atom is -0.487 e. The molecule has 146 valence electrons. The van der Waals surface area contributed by atoms with Gasteiger partial charge in [-0.2, -0.15) is 4.39 Å². The van der Waals surface area contributed by atoms with Gasteiger partial charge in [0.15, 0.2) is 11.6 Å². The molecule has 26 heavy (non-hydrogen) atoms. The summed E-state index contributed by atoms with van der Waals surface area (Å²) >= 11 is 0. The van der Waals surface area contributed by atoms with Crippen LogP contribution in [0.3, 0.4) is 0 Å². The summed E-state index contributed by atoms with van der Waals surface area (Å²) in [6, 6.07) is 1.91. The summed E-state index contributed by atoms with van der Waals surface area (Å²) in [5.41, 5.74) is 1.47. The van der Waals surface area contributed by atoms with E-state index in [9.17, 15) is 8.78 Å². The molecule has 1 aliphatic carbocycles. The van der Waals surface area contributed by atoms with Crippen LogP contribution in [0.15, 0.2) is 6.07 Å². The van der Waals surface area contributed by atoms with Crippen molar-refractivity contribution in [2.45, 2.75) is 103 Å². The van der Waals surface area contributed by atoms with Crippen LogP contribution in [0.25, 0.3) is 0 Å². The summed E-state index contributed by atoms with van der Waals surface area (Å²) in [5.74, 6) is -0.269. The second-order valence-corrected chi connectivity index (χ2v) is 8.36. The van der Waals surface area contributed by atoms with Gasteiger partial charge in [0, 0.05) is 0 Å². The summed E-state index contributed by atoms with van der Waals surface area (Å²) in [4.78, 5) is 0. The molecule has 1 fully saturated rings. The Morgan fingerprint density at radius 1 is 0.923 bits per heavy atom. The maximum Gasteiger partial charge on any atom is 0.201 e. The lowest BCUT2D eigenvalue weighted by molar-refractivity contribution is 0.152. The normalized spacial score (nSPS) is 25.6. The molecular formula is C23H34F2O. The molecule has 1 heterocycles. The fourth-order valence-corrected chi connectivity index (χ4v) is 4.81. The number of unbranched alkanes of at least 4 members (excludes halogenated alkanes) is 2. The van der Waals surface area contributed by atoms with Gasteiger partial charge in [0.1, 0.15) is 0 Å². The summed E-state index contributed by atoms with van der Waals surface area (Å²) in [7, 11) is 0. The lowest BCUT2D eigenvalue weighted by Gasteiger charge is -2.31. The van der Waals surface area contributed by atoms with E-state index in [1.165, 1.54) is 25.7 Å². The number of aryl methyl sites for hydroxylation is 1. The number of fused-ring (bicyclic) bond motifs is 1. The second kappa shape index (κ2) is 9.19. The van der Waals surface area contributed by atoms with Crippen molar-refractivity contribution in [1.29, 1.82) is 0 Å². The van der Waals surface area contributed by atoms with Gasteiger partial charge in [0.25, 0.3) is 0 Å². The van der Waals surface area contributed by atoms with Crippen LogP contribution in [0.5, 0.6) is 5.75 Å². The van der Waals surface area contributed by atoms with Crippen LogP contribution < -0.4 is 4.74 Å². The molecule has 1 aromatic rings. The van der Waals surface area contributed by atoms with E-state index in [0.29, 0.717) is 5.56 Å². The first-order valence-electron chi connectivity index (χ1n) is 10.8. The van der Waals surface area contributed by atoms with Crippen molar-refractivity contribution in [1.82, 2.24) is 0 Å². The van der Waals surface area contributed by atoms with E-state index in [2.05, 4.69) is 13.8 Å². The molecule has 1 aromatic carbocycles. The van der Waals surface area contributed by atoms with E-state index >= 15 is 0 Å². The Morgan fingerprint density at radius 3 is 2.38 bits per heavy atom. The van der Waals surface area contributed by atoms with Crippen LogP contribution in [0.4, 0.5) is 8.78 Å². The van der Waals surface area contributed by atoms with Crippen LogP contribution in [0.2, 0.25) is 0 Å². The fraction of sp³-hybridized carbons (Fsp3) is 0.739. The van der Waals surface area contributed by atoms with Crippen molar-refractivity contribution in [3.63, 3.8) is 0 Å². The first-order chi connectivity index (χ1) is 12.6. The highest BCUT2D eigenvalue weighted by Gasteiger charge is 2.30. The number of hydrogen-bond donors (Lipinski definition) is 0. The van der Waals surface area contributed by atoms with Gasteiger partial charge >= 0.3 is 0 Å². The predicted octanol–water partition coefficient (Wildman–Crippen LogP) is 7.31. The summed E-state index contributed by atoms with van der Waals surface area (Å²) in [6.45, 7) is 4.33. The largest absolute Gasteiger partial charge is 0.487 e. The number of benzene rings is 1. The zero-order valence-corrected chi connectivity index (χ0v) is 16.5. The molecule has 2 aliphatic rings. The zero-order chi connectivity index (χ0) is 18.5. The Balaban J connectivity index is 1.67. The first kappa shape index (κ1) is 19.6. The van der Waals surface area contributed by atoms with Gasteiger partial charge < -0.3 is 4.74 Å². The minimum atomic E-state index is -0.747. The van der Waals surface area contributed by atoms with Gasteiger partial charge in [-0.1, -0.05) is 46.0 Å². The molecule has 0 saturated heterocycles. The van der Waals surface area contributed by atoms with Gasteiger partial charge in [0.05, 0.1) is 6.10 Å². The summed E-state index contributed by atoms with van der Waals surface area (Å²) in [5, 5.41) is 0. The Morgan fingerprint density at radius 2 is 1.69 bits per heavy atom. The number of halogens is 2. The maximum atomic E-state index is 14.8. The molecule has 0 amide bonds. The Hall–Kier alpha value is -1.12. The average molecular weight is 365 g/mol. The molecule has 0 N–H and O–H groups in total. The van der Waals surface area contributed by atoms with Crippen molar-refractivity contribution >= 4 is 0 Å². The van der Waals surface area contributed by atoms with Gasteiger partial charge in [-0.3, -0.25) is 0 Å². The summed E-state index contributed by atoms with van der Waals surface area (Å²) < 4.78 is 35.3. The fourth-order valence-electron chi connectivity index (χ4n) is 4.81. The number of hydrogen-bond acceptors (Lipinski definition) is 1. The third kappa shape index (κ3) is 4.40. The molecule has 0 aromatic heterocycles. The van der Waals surface area contributed by atoms with E-state index in [1.807, 2.05) is 6.07 Å². The monoisotopic (exact) mass is 364 g/mol. The van der Waals surface area contributed by atoms with Crippen LogP contribution in [-0.4, -0.2) is 6.10 Å². The Bertz CT molecular complexity index is 590. The molecule has 1 atom stereocenters. The van der Waals surface area contributed by atoms with Crippen molar-refractivity contribution in [2.24, 2.45) is 5.92 Å². The molecule has 3 rings (SSSR count). The van der Waals surface area contributed by atoms with Gasteiger partial charge in [-0.15, -0.1) is 0 Å². The Kier molecular flexibility index (Phi) is 6.94. The third-order valence-corrected chi connectivity index (χ3v) is 6.40. The van der Waals surface area contributed by atoms with Gasteiger partial charge in [-0.25, -0.2) is 4.39 Å². The highest BCUT2D eigenvalue weighted by molar-refractivity contribution is 5.42. The zero-order valence-electron chi connectivity index (χ0n) is 16.5. The molecule has 0 bridgehead atoms. The van der Waals surface area contributed by atoms with Crippen LogP contribution >= 0.6 is 0 Å². The molecule has 0 radical (unpaired) electrons. The molecule has 1 nitrogen and oxygen atoms in total. The smallest absolute Gasteiger partial charge is 0.201 e. The van der Waals surface area contributed by atoms with Crippen LogP contribution in [-0.2, 0) is 6.42 Å². The lowest BCUT2D eigenvalue weighted by Crippen LogP contribution is -2.24. The molecule has 3 heteroatoms. The van der Waals surface area contributed by atoms with E-state index in [1.54, 1.807) is 0 Å². The molecule has 0 spiro atoms. The Labute approximate surface area is 157 Å². The molecule has 1 aliphatic heterocycles. The predicted molar refractivity (Wildman–Crippen MR) is 103 cm³/mol. The first-order valence-corrected chi connectivity index (χ1v) is 10.8. The highest BCUT2D eigenvalue weighted by Crippen LogP contribution is 2.42. The second-order valence-electron chi connectivity index (χ2n) is 8.36.